The van der Waals surface area contributed by atoms with Crippen molar-refractivity contribution in [3.63, 3.8) is 0 Å². The lowest BCUT2D eigenvalue weighted by atomic mass is 10.1. The number of phenols is 1. The zero-order valence-electron chi connectivity index (χ0n) is 19.8. The molecule has 0 bridgehead atoms. The highest BCUT2D eigenvalue weighted by Crippen LogP contribution is 2.36. The molecule has 2 aromatic heterocycles. The monoisotopic (exact) mass is 511 g/mol. The molecule has 0 aliphatic carbocycles. The Morgan fingerprint density at radius 2 is 1.92 bits per heavy atom. The Kier molecular flexibility index (Phi) is 6.71. The number of anilines is 1. The van der Waals surface area contributed by atoms with Crippen molar-refractivity contribution in [2.24, 2.45) is 4.99 Å². The SMILES string of the molecule is COc1cccc(O)c1-n1c(NS(=O)(=O)[C@H](C)[C@@H](C)c2ncc(F)cn2)nnc1C1=C=C=CC(C)=N1. The third-order valence-corrected chi connectivity index (χ3v) is 7.38. The molecular weight excluding hydrogens is 489 g/mol. The number of aromatic hydroxyl groups is 1. The standard InChI is InChI=1S/C23H22FN7O4S/c1-13-7-5-8-17(27-13)22-28-29-23(31(22)20-18(32)9-6-10-19(20)35-4)30-36(33,34)15(3)14(2)21-25-11-16(24)12-26-21/h6-7,9-12,14-15,32H,1-4H3,(H,29,30)/t14-,15-/m1/s1. The smallest absolute Gasteiger partial charge is 0.243 e. The number of nitrogens with one attached hydrogen (secondary N) is 1. The number of ether oxygens (including phenoxy) is 1. The summed E-state index contributed by atoms with van der Waals surface area (Å²) in [4.78, 5) is 12.2. The van der Waals surface area contributed by atoms with Crippen LogP contribution in [0.4, 0.5) is 10.3 Å². The van der Waals surface area contributed by atoms with Gasteiger partial charge in [0.05, 0.1) is 24.8 Å². The van der Waals surface area contributed by atoms with E-state index in [2.05, 4.69) is 41.3 Å². The Balaban J connectivity index is 1.82. The van der Waals surface area contributed by atoms with Crippen molar-refractivity contribution in [1.29, 1.82) is 0 Å². The molecule has 2 N–H and O–H groups in total. The van der Waals surface area contributed by atoms with Gasteiger partial charge < -0.3 is 9.84 Å². The fraction of sp³-hybridized carbons (Fsp3) is 0.261. The normalized spacial score (nSPS) is 14.7. The number of hydrogen-bond donors (Lipinski definition) is 2. The van der Waals surface area contributed by atoms with Crippen LogP contribution in [0.15, 0.2) is 53.1 Å². The fourth-order valence-electron chi connectivity index (χ4n) is 3.42. The van der Waals surface area contributed by atoms with Crippen LogP contribution < -0.4 is 9.46 Å². The van der Waals surface area contributed by atoms with Crippen molar-refractivity contribution in [2.45, 2.75) is 31.9 Å². The van der Waals surface area contributed by atoms with Crippen molar-refractivity contribution >= 4 is 27.4 Å². The van der Waals surface area contributed by atoms with E-state index in [9.17, 15) is 17.9 Å². The molecule has 3 heterocycles. The van der Waals surface area contributed by atoms with Gasteiger partial charge >= 0.3 is 0 Å². The summed E-state index contributed by atoms with van der Waals surface area (Å²) >= 11 is 0. The third kappa shape index (κ3) is 4.76. The minimum atomic E-state index is -4.12. The number of halogens is 1. The molecule has 0 saturated heterocycles. The molecule has 1 aromatic carbocycles. The average Bonchev–Trinajstić information content (AvgIpc) is 3.25. The van der Waals surface area contributed by atoms with Crippen LogP contribution in [0.25, 0.3) is 11.4 Å². The lowest BCUT2D eigenvalue weighted by Crippen LogP contribution is -2.31. The van der Waals surface area contributed by atoms with Crippen molar-refractivity contribution < 1.29 is 22.7 Å². The summed E-state index contributed by atoms with van der Waals surface area (Å²) in [5.41, 5.74) is 6.58. The minimum absolute atomic E-state index is 0.0926. The first-order valence-electron chi connectivity index (χ1n) is 10.7. The number of rotatable bonds is 8. The molecule has 0 unspecified atom stereocenters. The lowest BCUT2D eigenvalue weighted by molar-refractivity contribution is 0.404. The molecule has 186 valence electrons. The zero-order valence-corrected chi connectivity index (χ0v) is 20.6. The van der Waals surface area contributed by atoms with E-state index in [0.29, 0.717) is 5.71 Å². The van der Waals surface area contributed by atoms with Crippen LogP contribution >= 0.6 is 0 Å². The molecule has 0 radical (unpaired) electrons. The molecule has 0 spiro atoms. The summed E-state index contributed by atoms with van der Waals surface area (Å²) in [6.07, 6.45) is 3.57. The van der Waals surface area contributed by atoms with E-state index in [1.54, 1.807) is 32.1 Å². The maximum Gasteiger partial charge on any atom is 0.243 e. The number of allylic oxidation sites excluding steroid dienone is 1. The Morgan fingerprint density at radius 3 is 2.58 bits per heavy atom. The van der Waals surface area contributed by atoms with Gasteiger partial charge in [0.15, 0.2) is 17.3 Å². The molecule has 1 aliphatic heterocycles. The first kappa shape index (κ1) is 24.8. The maximum absolute atomic E-state index is 13.4. The highest BCUT2D eigenvalue weighted by Gasteiger charge is 2.32. The Labute approximate surface area is 206 Å². The van der Waals surface area contributed by atoms with Crippen molar-refractivity contribution in [3.05, 3.63) is 65.6 Å². The van der Waals surface area contributed by atoms with Gasteiger partial charge in [0.2, 0.25) is 16.0 Å². The van der Waals surface area contributed by atoms with Gasteiger partial charge in [-0.25, -0.2) is 27.8 Å². The number of phenolic OH excluding ortho intramolecular Hbond substituents is 1. The number of aromatic nitrogens is 5. The molecule has 11 nitrogen and oxygen atoms in total. The number of hydrogen-bond acceptors (Lipinski definition) is 9. The molecule has 0 saturated carbocycles. The second-order valence-corrected chi connectivity index (χ2v) is 9.96. The summed E-state index contributed by atoms with van der Waals surface area (Å²) in [7, 11) is -2.71. The second-order valence-electron chi connectivity index (χ2n) is 7.93. The fourth-order valence-corrected chi connectivity index (χ4v) is 4.66. The lowest BCUT2D eigenvalue weighted by Gasteiger charge is -2.21. The first-order chi connectivity index (χ1) is 17.1. The number of methoxy groups -OCH3 is 1. The zero-order chi connectivity index (χ0) is 26.0. The number of sulfonamides is 1. The topological polar surface area (TPSA) is 144 Å². The van der Waals surface area contributed by atoms with Gasteiger partial charge in [-0.1, -0.05) is 18.7 Å². The first-order valence-corrected chi connectivity index (χ1v) is 12.2. The largest absolute Gasteiger partial charge is 0.506 e. The third-order valence-electron chi connectivity index (χ3n) is 5.53. The average molecular weight is 512 g/mol. The minimum Gasteiger partial charge on any atom is -0.506 e. The van der Waals surface area contributed by atoms with Gasteiger partial charge in [0.25, 0.3) is 0 Å². The van der Waals surface area contributed by atoms with Crippen LogP contribution in [0, 0.1) is 5.82 Å². The highest BCUT2D eigenvalue weighted by atomic mass is 32.2. The molecule has 2 atom stereocenters. The van der Waals surface area contributed by atoms with Gasteiger partial charge in [-0.15, -0.1) is 10.2 Å². The number of para-hydroxylation sites is 1. The van der Waals surface area contributed by atoms with E-state index < -0.39 is 27.0 Å². The van der Waals surface area contributed by atoms with Gasteiger partial charge in [0.1, 0.15) is 23.0 Å². The molecule has 1 aliphatic rings. The van der Waals surface area contributed by atoms with E-state index in [1.807, 2.05) is 0 Å². The van der Waals surface area contributed by atoms with Crippen LogP contribution in [0.3, 0.4) is 0 Å². The second kappa shape index (κ2) is 9.74. The van der Waals surface area contributed by atoms with Gasteiger partial charge in [0, 0.05) is 17.7 Å². The molecular formula is C23H22FN7O4S. The number of aliphatic imine (C=N–C) groups is 1. The summed E-state index contributed by atoms with van der Waals surface area (Å²) < 4.78 is 49.1. The van der Waals surface area contributed by atoms with E-state index in [1.165, 1.54) is 24.7 Å². The predicted molar refractivity (Wildman–Crippen MR) is 130 cm³/mol. The molecule has 0 amide bonds. The van der Waals surface area contributed by atoms with Crippen LogP contribution in [0.2, 0.25) is 0 Å². The van der Waals surface area contributed by atoms with Crippen LogP contribution in [0.1, 0.15) is 38.3 Å². The van der Waals surface area contributed by atoms with Crippen LogP contribution in [0.5, 0.6) is 11.5 Å². The van der Waals surface area contributed by atoms with E-state index in [0.717, 1.165) is 12.4 Å². The van der Waals surface area contributed by atoms with Crippen LogP contribution in [-0.2, 0) is 10.0 Å². The number of benzene rings is 1. The molecule has 4 rings (SSSR count). The van der Waals surface area contributed by atoms with Crippen molar-refractivity contribution in [2.75, 3.05) is 11.8 Å². The van der Waals surface area contributed by atoms with Crippen molar-refractivity contribution in [1.82, 2.24) is 24.7 Å². The van der Waals surface area contributed by atoms with E-state index in [4.69, 9.17) is 4.74 Å². The Hall–Kier alpha value is -4.31. The summed E-state index contributed by atoms with van der Waals surface area (Å²) in [5, 5.41) is 17.8. The molecule has 0 fully saturated rings. The molecule has 3 aromatic rings. The summed E-state index contributed by atoms with van der Waals surface area (Å²) in [6, 6.07) is 4.58. The van der Waals surface area contributed by atoms with Crippen molar-refractivity contribution in [3.8, 4) is 17.2 Å². The quantitative estimate of drug-likeness (QED) is 0.439. The highest BCUT2D eigenvalue weighted by molar-refractivity contribution is 7.93. The summed E-state index contributed by atoms with van der Waals surface area (Å²) in [5.74, 6) is -1.28. The van der Waals surface area contributed by atoms with E-state index >= 15 is 0 Å². The predicted octanol–water partition coefficient (Wildman–Crippen LogP) is 2.97. The summed E-state index contributed by atoms with van der Waals surface area (Å²) in [6.45, 7) is 4.83. The van der Waals surface area contributed by atoms with Crippen LogP contribution in [-0.4, -0.2) is 56.3 Å². The van der Waals surface area contributed by atoms with Gasteiger partial charge in [-0.05, 0) is 31.7 Å². The number of nitrogens with zero attached hydrogens (tertiary/aromatic N) is 6. The van der Waals surface area contributed by atoms with Gasteiger partial charge in [-0.3, -0.25) is 9.29 Å². The Bertz CT molecular complexity index is 1550. The molecule has 36 heavy (non-hydrogen) atoms. The Morgan fingerprint density at radius 1 is 1.19 bits per heavy atom. The molecule has 13 heteroatoms. The van der Waals surface area contributed by atoms with E-state index in [-0.39, 0.29) is 40.5 Å². The maximum atomic E-state index is 13.4. The van der Waals surface area contributed by atoms with Gasteiger partial charge in [-0.2, -0.15) is 0 Å².